The fourth-order valence-electron chi connectivity index (χ4n) is 2.28. The number of carboxylic acids is 1. The maximum atomic E-state index is 12.1. The Kier molecular flexibility index (Phi) is 4.52. The lowest BCUT2D eigenvalue weighted by Gasteiger charge is -2.30. The fourth-order valence-corrected chi connectivity index (χ4v) is 3.53. The van der Waals surface area contributed by atoms with Gasteiger partial charge in [-0.1, -0.05) is 52.9 Å². The molecular formula is C14H16INO4. The van der Waals surface area contributed by atoms with Crippen molar-refractivity contribution in [1.29, 1.82) is 0 Å². The molecule has 0 aromatic heterocycles. The maximum Gasteiger partial charge on any atom is 0.411 e. The second kappa shape index (κ2) is 5.99. The summed E-state index contributed by atoms with van der Waals surface area (Å²) in [7, 11) is 0. The van der Waals surface area contributed by atoms with Crippen LogP contribution in [0.5, 0.6) is 0 Å². The van der Waals surface area contributed by atoms with Gasteiger partial charge >= 0.3 is 12.1 Å². The van der Waals surface area contributed by atoms with Crippen molar-refractivity contribution >= 4 is 34.7 Å². The van der Waals surface area contributed by atoms with E-state index in [-0.39, 0.29) is 10.5 Å². The number of hydrogen-bond donors (Lipinski definition) is 1. The van der Waals surface area contributed by atoms with Crippen molar-refractivity contribution in [3.05, 3.63) is 35.9 Å². The number of carbonyl (C=O) groups is 2. The summed E-state index contributed by atoms with van der Waals surface area (Å²) < 4.78 is 5.35. The molecule has 108 valence electrons. The molecule has 1 saturated heterocycles. The van der Waals surface area contributed by atoms with Crippen molar-refractivity contribution in [3.63, 3.8) is 0 Å². The highest BCUT2D eigenvalue weighted by Crippen LogP contribution is 2.34. The number of aliphatic carboxylic acids is 1. The molecule has 1 aromatic rings. The number of likely N-dealkylation sites (tertiary alicyclic amines) is 1. The lowest BCUT2D eigenvalue weighted by molar-refractivity contribution is -0.147. The Hall–Kier alpha value is -1.31. The van der Waals surface area contributed by atoms with Crippen molar-refractivity contribution in [3.8, 4) is 0 Å². The van der Waals surface area contributed by atoms with Crippen molar-refractivity contribution in [2.45, 2.75) is 29.4 Å². The minimum Gasteiger partial charge on any atom is -0.480 e. The molecule has 1 aliphatic heterocycles. The minimum atomic E-state index is -1.18. The Balaban J connectivity index is 2.03. The summed E-state index contributed by atoms with van der Waals surface area (Å²) in [6.07, 6.45) is -0.138. The lowest BCUT2D eigenvalue weighted by Crippen LogP contribution is -2.50. The van der Waals surface area contributed by atoms with Crippen LogP contribution in [0.4, 0.5) is 4.79 Å². The molecule has 0 saturated carbocycles. The normalized spacial score (nSPS) is 25.5. The average Bonchev–Trinajstić information content (AvgIpc) is 2.74. The topological polar surface area (TPSA) is 66.8 Å². The molecule has 1 N–H and O–H groups in total. The van der Waals surface area contributed by atoms with Gasteiger partial charge < -0.3 is 9.84 Å². The Morgan fingerprint density at radius 3 is 2.70 bits per heavy atom. The van der Waals surface area contributed by atoms with Crippen molar-refractivity contribution < 1.29 is 19.4 Å². The third-order valence-electron chi connectivity index (χ3n) is 3.48. The van der Waals surface area contributed by atoms with Crippen LogP contribution in [0.2, 0.25) is 0 Å². The molecule has 5 nitrogen and oxygen atoms in total. The van der Waals surface area contributed by atoms with E-state index in [1.807, 2.05) is 30.3 Å². The first-order chi connectivity index (χ1) is 9.43. The molecule has 20 heavy (non-hydrogen) atoms. The van der Waals surface area contributed by atoms with E-state index < -0.39 is 17.6 Å². The van der Waals surface area contributed by atoms with E-state index in [1.165, 1.54) is 4.90 Å². The van der Waals surface area contributed by atoms with Crippen LogP contribution in [-0.4, -0.2) is 38.1 Å². The summed E-state index contributed by atoms with van der Waals surface area (Å²) in [5.41, 5.74) is -0.303. The van der Waals surface area contributed by atoms with Crippen molar-refractivity contribution in [2.75, 3.05) is 6.54 Å². The Morgan fingerprint density at radius 1 is 1.45 bits per heavy atom. The van der Waals surface area contributed by atoms with Gasteiger partial charge in [0.25, 0.3) is 0 Å². The summed E-state index contributed by atoms with van der Waals surface area (Å²) >= 11 is 2.17. The highest BCUT2D eigenvalue weighted by molar-refractivity contribution is 14.1. The number of benzene rings is 1. The number of carbonyl (C=O) groups excluding carboxylic acids is 1. The molecule has 1 amide bonds. The largest absolute Gasteiger partial charge is 0.480 e. The average molecular weight is 389 g/mol. The minimum absolute atomic E-state index is 0.123. The van der Waals surface area contributed by atoms with E-state index in [9.17, 15) is 14.7 Å². The molecular weight excluding hydrogens is 373 g/mol. The number of halogens is 1. The summed E-state index contributed by atoms with van der Waals surface area (Å²) in [6, 6.07) is 9.32. The molecule has 1 aromatic carbocycles. The van der Waals surface area contributed by atoms with E-state index in [0.29, 0.717) is 13.0 Å². The zero-order valence-electron chi connectivity index (χ0n) is 11.1. The maximum absolute atomic E-state index is 12.1. The van der Waals surface area contributed by atoms with E-state index in [0.717, 1.165) is 5.56 Å². The number of nitrogens with zero attached hydrogens (tertiary/aromatic N) is 1. The van der Waals surface area contributed by atoms with Crippen LogP contribution in [0, 0.1) is 0 Å². The summed E-state index contributed by atoms with van der Waals surface area (Å²) in [5.74, 6) is -0.992. The second-order valence-corrected chi connectivity index (χ2v) is 6.79. The molecule has 1 heterocycles. The molecule has 2 rings (SSSR count). The first-order valence-electron chi connectivity index (χ1n) is 6.29. The summed E-state index contributed by atoms with van der Waals surface area (Å²) in [4.78, 5) is 24.8. The molecule has 2 unspecified atom stereocenters. The van der Waals surface area contributed by atoms with Crippen LogP contribution in [0.3, 0.4) is 0 Å². The first kappa shape index (κ1) is 15.1. The summed E-state index contributed by atoms with van der Waals surface area (Å²) in [6.45, 7) is 2.12. The third-order valence-corrected chi connectivity index (χ3v) is 4.32. The second-order valence-electron chi connectivity index (χ2n) is 5.03. The number of hydrogen-bond acceptors (Lipinski definition) is 3. The summed E-state index contributed by atoms with van der Waals surface area (Å²) in [5, 5.41) is 9.34. The predicted octanol–water partition coefficient (Wildman–Crippen LogP) is 2.68. The van der Waals surface area contributed by atoms with Gasteiger partial charge in [-0.3, -0.25) is 4.90 Å². The van der Waals surface area contributed by atoms with Crippen molar-refractivity contribution in [1.82, 2.24) is 4.90 Å². The fraction of sp³-hybridized carbons (Fsp3) is 0.429. The van der Waals surface area contributed by atoms with Gasteiger partial charge in [-0.05, 0) is 18.9 Å². The number of carboxylic acid groups (broad SMARTS) is 1. The molecule has 0 radical (unpaired) electrons. The van der Waals surface area contributed by atoms with E-state index in [1.54, 1.807) is 6.92 Å². The monoisotopic (exact) mass is 389 g/mol. The molecule has 2 atom stereocenters. The lowest BCUT2D eigenvalue weighted by atomic mass is 10.00. The number of amides is 1. The van der Waals surface area contributed by atoms with Crippen LogP contribution in [0.15, 0.2) is 30.3 Å². The van der Waals surface area contributed by atoms with E-state index in [2.05, 4.69) is 22.6 Å². The zero-order valence-corrected chi connectivity index (χ0v) is 13.2. The van der Waals surface area contributed by atoms with Gasteiger partial charge in [-0.25, -0.2) is 9.59 Å². The quantitative estimate of drug-likeness (QED) is 0.638. The van der Waals surface area contributed by atoms with Crippen LogP contribution in [0.1, 0.15) is 18.9 Å². The van der Waals surface area contributed by atoms with E-state index in [4.69, 9.17) is 4.74 Å². The predicted molar refractivity (Wildman–Crippen MR) is 81.8 cm³/mol. The van der Waals surface area contributed by atoms with Gasteiger partial charge in [0.05, 0.1) is 0 Å². The molecule has 6 heteroatoms. The molecule has 0 bridgehead atoms. The van der Waals surface area contributed by atoms with Gasteiger partial charge in [0.15, 0.2) is 0 Å². The Labute approximate surface area is 131 Å². The number of ether oxygens (including phenoxy) is 1. The number of rotatable bonds is 3. The van der Waals surface area contributed by atoms with Gasteiger partial charge in [0, 0.05) is 10.5 Å². The first-order valence-corrected chi connectivity index (χ1v) is 7.54. The van der Waals surface area contributed by atoms with Gasteiger partial charge in [-0.2, -0.15) is 0 Å². The van der Waals surface area contributed by atoms with Crippen molar-refractivity contribution in [2.24, 2.45) is 0 Å². The SMILES string of the molecule is CC1(C(=O)O)CC(I)CN1C(=O)OCc1ccccc1. The van der Waals surface area contributed by atoms with Crippen LogP contribution < -0.4 is 0 Å². The Bertz CT molecular complexity index is 507. The molecule has 0 spiro atoms. The molecule has 1 fully saturated rings. The van der Waals surface area contributed by atoms with Gasteiger partial charge in [0.2, 0.25) is 0 Å². The standard InChI is InChI=1S/C14H16INO4/c1-14(12(17)18)7-11(15)8-16(14)13(19)20-9-10-5-3-2-4-6-10/h2-6,11H,7-9H2,1H3,(H,17,18). The molecule has 0 aliphatic carbocycles. The highest BCUT2D eigenvalue weighted by atomic mass is 127. The highest BCUT2D eigenvalue weighted by Gasteiger charge is 2.50. The molecule has 1 aliphatic rings. The van der Waals surface area contributed by atoms with E-state index >= 15 is 0 Å². The van der Waals surface area contributed by atoms with Crippen LogP contribution >= 0.6 is 22.6 Å². The zero-order chi connectivity index (χ0) is 14.8. The Morgan fingerprint density at radius 2 is 2.10 bits per heavy atom. The van der Waals surface area contributed by atoms with Gasteiger partial charge in [-0.15, -0.1) is 0 Å². The van der Waals surface area contributed by atoms with Crippen LogP contribution in [-0.2, 0) is 16.1 Å². The number of alkyl halides is 1. The van der Waals surface area contributed by atoms with Crippen LogP contribution in [0.25, 0.3) is 0 Å². The van der Waals surface area contributed by atoms with Gasteiger partial charge in [0.1, 0.15) is 12.1 Å². The smallest absolute Gasteiger partial charge is 0.411 e. The third kappa shape index (κ3) is 3.05.